The summed E-state index contributed by atoms with van der Waals surface area (Å²) >= 11 is 3.38. The molecule has 0 aromatic heterocycles. The van der Waals surface area contributed by atoms with Crippen molar-refractivity contribution in [3.63, 3.8) is 0 Å². The Morgan fingerprint density at radius 2 is 2.19 bits per heavy atom. The maximum absolute atomic E-state index is 10.6. The Kier molecular flexibility index (Phi) is 3.09. The van der Waals surface area contributed by atoms with Gasteiger partial charge in [-0.25, -0.2) is 5.43 Å². The molecular formula is C10H9BrN2O3. The monoisotopic (exact) mass is 284 g/mol. The number of hydrogen-bond donors (Lipinski definition) is 1. The average Bonchev–Trinajstić information content (AvgIpc) is 2.64. The molecule has 16 heavy (non-hydrogen) atoms. The zero-order valence-electron chi connectivity index (χ0n) is 8.49. The van der Waals surface area contributed by atoms with Gasteiger partial charge >= 0.3 is 0 Å². The molecule has 0 saturated heterocycles. The second kappa shape index (κ2) is 4.52. The van der Waals surface area contributed by atoms with Crippen LogP contribution in [-0.2, 0) is 4.79 Å². The summed E-state index contributed by atoms with van der Waals surface area (Å²) in [7, 11) is 0. The molecule has 0 fully saturated rings. The van der Waals surface area contributed by atoms with Crippen molar-refractivity contribution in [3.05, 3.63) is 22.2 Å². The molecule has 0 unspecified atom stereocenters. The Bertz CT molecular complexity index is 460. The average molecular weight is 285 g/mol. The van der Waals surface area contributed by atoms with Crippen LogP contribution in [0.15, 0.2) is 21.7 Å². The predicted octanol–water partition coefficient (Wildman–Crippen LogP) is 1.65. The van der Waals surface area contributed by atoms with Gasteiger partial charge in [0.25, 0.3) is 0 Å². The second-order valence-corrected chi connectivity index (χ2v) is 4.01. The van der Waals surface area contributed by atoms with Crippen molar-refractivity contribution in [2.24, 2.45) is 5.10 Å². The standard InChI is InChI=1S/C10H9BrN2O3/c1-6(14)13-12-4-7-2-9-10(3-8(7)11)16-5-15-9/h2-4H,5H2,1H3,(H,13,14)/b12-4+. The number of nitrogens with one attached hydrogen (secondary N) is 1. The fourth-order valence-corrected chi connectivity index (χ4v) is 1.65. The topological polar surface area (TPSA) is 59.9 Å². The van der Waals surface area contributed by atoms with E-state index in [0.29, 0.717) is 11.5 Å². The van der Waals surface area contributed by atoms with Gasteiger partial charge in [-0.1, -0.05) is 0 Å². The summed E-state index contributed by atoms with van der Waals surface area (Å²) in [5.74, 6) is 1.16. The van der Waals surface area contributed by atoms with Crippen LogP contribution >= 0.6 is 15.9 Å². The molecule has 1 aliphatic heterocycles. The van der Waals surface area contributed by atoms with Gasteiger partial charge in [-0.3, -0.25) is 4.79 Å². The fraction of sp³-hybridized carbons (Fsp3) is 0.200. The number of carbonyl (C=O) groups is 1. The molecule has 6 heteroatoms. The normalized spacial score (nSPS) is 13.1. The minimum atomic E-state index is -0.215. The van der Waals surface area contributed by atoms with Crippen molar-refractivity contribution in [2.75, 3.05) is 6.79 Å². The maximum Gasteiger partial charge on any atom is 0.236 e. The van der Waals surface area contributed by atoms with Gasteiger partial charge in [-0.2, -0.15) is 5.10 Å². The van der Waals surface area contributed by atoms with Gasteiger partial charge < -0.3 is 9.47 Å². The highest BCUT2D eigenvalue weighted by atomic mass is 79.9. The van der Waals surface area contributed by atoms with Crippen LogP contribution in [0, 0.1) is 0 Å². The van der Waals surface area contributed by atoms with E-state index in [1.807, 2.05) is 0 Å². The van der Waals surface area contributed by atoms with Crippen molar-refractivity contribution in [1.82, 2.24) is 5.43 Å². The number of halogens is 1. The van der Waals surface area contributed by atoms with Gasteiger partial charge in [-0.15, -0.1) is 0 Å². The lowest BCUT2D eigenvalue weighted by Gasteiger charge is -2.01. The molecule has 1 N–H and O–H groups in total. The van der Waals surface area contributed by atoms with Crippen LogP contribution in [0.1, 0.15) is 12.5 Å². The van der Waals surface area contributed by atoms with Crippen LogP contribution in [0.2, 0.25) is 0 Å². The highest BCUT2D eigenvalue weighted by Crippen LogP contribution is 2.36. The Morgan fingerprint density at radius 3 is 2.88 bits per heavy atom. The lowest BCUT2D eigenvalue weighted by atomic mass is 10.2. The van der Waals surface area contributed by atoms with E-state index in [9.17, 15) is 4.79 Å². The zero-order valence-corrected chi connectivity index (χ0v) is 10.1. The summed E-state index contributed by atoms with van der Waals surface area (Å²) in [5.41, 5.74) is 3.13. The van der Waals surface area contributed by atoms with Crippen LogP contribution in [0.3, 0.4) is 0 Å². The number of amides is 1. The first-order valence-corrected chi connectivity index (χ1v) is 5.35. The number of carbonyl (C=O) groups excluding carboxylic acids is 1. The van der Waals surface area contributed by atoms with Crippen LogP contribution in [0.5, 0.6) is 11.5 Å². The highest BCUT2D eigenvalue weighted by Gasteiger charge is 2.15. The van der Waals surface area contributed by atoms with E-state index in [1.54, 1.807) is 12.1 Å². The molecule has 1 amide bonds. The molecule has 2 rings (SSSR count). The molecule has 0 radical (unpaired) electrons. The number of rotatable bonds is 2. The van der Waals surface area contributed by atoms with Gasteiger partial charge in [0.05, 0.1) is 6.21 Å². The molecule has 0 bridgehead atoms. The quantitative estimate of drug-likeness (QED) is 0.664. The first kappa shape index (κ1) is 10.9. The molecule has 0 aliphatic carbocycles. The van der Waals surface area contributed by atoms with E-state index in [-0.39, 0.29) is 12.7 Å². The molecular weight excluding hydrogens is 276 g/mol. The van der Waals surface area contributed by atoms with Gasteiger partial charge in [0.15, 0.2) is 11.5 Å². The van der Waals surface area contributed by atoms with Crippen molar-refractivity contribution in [1.29, 1.82) is 0 Å². The van der Waals surface area contributed by atoms with Crippen LogP contribution in [-0.4, -0.2) is 18.9 Å². The molecule has 0 saturated carbocycles. The third-order valence-corrected chi connectivity index (χ3v) is 2.60. The molecule has 1 aromatic carbocycles. The Labute approximate surface area is 101 Å². The third kappa shape index (κ3) is 2.33. The highest BCUT2D eigenvalue weighted by molar-refractivity contribution is 9.10. The number of ether oxygens (including phenoxy) is 2. The molecule has 1 aromatic rings. The van der Waals surface area contributed by atoms with Crippen LogP contribution in [0.25, 0.3) is 0 Å². The Balaban J connectivity index is 2.21. The van der Waals surface area contributed by atoms with Crippen molar-refractivity contribution < 1.29 is 14.3 Å². The van der Waals surface area contributed by atoms with E-state index in [4.69, 9.17) is 9.47 Å². The number of hydrogen-bond acceptors (Lipinski definition) is 4. The SMILES string of the molecule is CC(=O)N/N=C/c1cc2c(cc1Br)OCO2. The van der Waals surface area contributed by atoms with Crippen molar-refractivity contribution in [2.45, 2.75) is 6.92 Å². The Hall–Kier alpha value is -1.56. The summed E-state index contributed by atoms with van der Waals surface area (Å²) in [6.07, 6.45) is 1.54. The summed E-state index contributed by atoms with van der Waals surface area (Å²) in [4.78, 5) is 10.6. The molecule has 5 nitrogen and oxygen atoms in total. The lowest BCUT2D eigenvalue weighted by molar-refractivity contribution is -0.118. The van der Waals surface area contributed by atoms with Gasteiger partial charge in [-0.05, 0) is 28.1 Å². The number of hydrazone groups is 1. The summed E-state index contributed by atoms with van der Waals surface area (Å²) in [6, 6.07) is 3.59. The first-order chi connectivity index (χ1) is 7.66. The first-order valence-electron chi connectivity index (χ1n) is 4.55. The van der Waals surface area contributed by atoms with Crippen molar-refractivity contribution >= 4 is 28.1 Å². The second-order valence-electron chi connectivity index (χ2n) is 3.15. The predicted molar refractivity (Wildman–Crippen MR) is 61.7 cm³/mol. The third-order valence-electron chi connectivity index (χ3n) is 1.92. The molecule has 0 atom stereocenters. The summed E-state index contributed by atoms with van der Waals surface area (Å²) in [6.45, 7) is 1.63. The van der Waals surface area contributed by atoms with Crippen LogP contribution < -0.4 is 14.9 Å². The summed E-state index contributed by atoms with van der Waals surface area (Å²) < 4.78 is 11.3. The molecule has 0 spiro atoms. The fourth-order valence-electron chi connectivity index (χ4n) is 1.22. The van der Waals surface area contributed by atoms with E-state index < -0.39 is 0 Å². The number of fused-ring (bicyclic) bond motifs is 1. The Morgan fingerprint density at radius 1 is 1.50 bits per heavy atom. The number of nitrogens with zero attached hydrogens (tertiary/aromatic N) is 1. The van der Waals surface area contributed by atoms with Crippen molar-refractivity contribution in [3.8, 4) is 11.5 Å². The van der Waals surface area contributed by atoms with E-state index in [1.165, 1.54) is 13.1 Å². The van der Waals surface area contributed by atoms with Gasteiger partial charge in [0, 0.05) is 17.0 Å². The van der Waals surface area contributed by atoms with Gasteiger partial charge in [0.2, 0.25) is 12.7 Å². The molecule has 1 aliphatic rings. The minimum absolute atomic E-state index is 0.215. The largest absolute Gasteiger partial charge is 0.454 e. The zero-order chi connectivity index (χ0) is 11.5. The van der Waals surface area contributed by atoms with Crippen LogP contribution in [0.4, 0.5) is 0 Å². The smallest absolute Gasteiger partial charge is 0.236 e. The van der Waals surface area contributed by atoms with Gasteiger partial charge in [0.1, 0.15) is 0 Å². The maximum atomic E-state index is 10.6. The van der Waals surface area contributed by atoms with E-state index >= 15 is 0 Å². The summed E-state index contributed by atoms with van der Waals surface area (Å²) in [5, 5.41) is 3.78. The molecule has 1 heterocycles. The lowest BCUT2D eigenvalue weighted by Crippen LogP contribution is -2.12. The number of benzene rings is 1. The van der Waals surface area contributed by atoms with E-state index in [2.05, 4.69) is 26.5 Å². The molecule has 84 valence electrons. The van der Waals surface area contributed by atoms with E-state index in [0.717, 1.165) is 10.0 Å². The minimum Gasteiger partial charge on any atom is -0.454 e.